The zero-order valence-corrected chi connectivity index (χ0v) is 15.2. The molecule has 1 aromatic carbocycles. The Labute approximate surface area is 151 Å². The van der Waals surface area contributed by atoms with Crippen molar-refractivity contribution in [2.24, 2.45) is 5.92 Å². The number of thiazole rings is 1. The molecule has 0 bridgehead atoms. The van der Waals surface area contributed by atoms with Crippen LogP contribution in [-0.2, 0) is 22.4 Å². The largest absolute Gasteiger partial charge is 0.325 e. The fraction of sp³-hybridized carbons (Fsp3) is 0.421. The van der Waals surface area contributed by atoms with Crippen LogP contribution in [0.3, 0.4) is 0 Å². The van der Waals surface area contributed by atoms with Crippen LogP contribution < -0.4 is 10.6 Å². The van der Waals surface area contributed by atoms with E-state index in [9.17, 15) is 9.59 Å². The van der Waals surface area contributed by atoms with Crippen molar-refractivity contribution in [3.05, 3.63) is 40.9 Å². The number of anilines is 2. The zero-order valence-electron chi connectivity index (χ0n) is 14.4. The molecule has 132 valence electrons. The van der Waals surface area contributed by atoms with Gasteiger partial charge in [-0.1, -0.05) is 38.0 Å². The van der Waals surface area contributed by atoms with Gasteiger partial charge < -0.3 is 10.6 Å². The van der Waals surface area contributed by atoms with E-state index in [2.05, 4.69) is 22.5 Å². The average molecular weight is 357 g/mol. The van der Waals surface area contributed by atoms with Crippen LogP contribution >= 0.6 is 11.3 Å². The topological polar surface area (TPSA) is 71.1 Å². The fourth-order valence-corrected chi connectivity index (χ4v) is 3.86. The maximum Gasteiger partial charge on any atom is 0.230 e. The lowest BCUT2D eigenvalue weighted by molar-refractivity contribution is -0.119. The number of aromatic nitrogens is 1. The molecular formula is C19H23N3O2S. The van der Waals surface area contributed by atoms with Crippen molar-refractivity contribution in [2.75, 3.05) is 10.6 Å². The summed E-state index contributed by atoms with van der Waals surface area (Å²) in [5.41, 5.74) is 2.64. The van der Waals surface area contributed by atoms with Gasteiger partial charge in [0, 0.05) is 17.0 Å². The Balaban J connectivity index is 1.55. The maximum absolute atomic E-state index is 12.3. The highest BCUT2D eigenvalue weighted by Gasteiger charge is 2.23. The number of para-hydroxylation sites is 1. The van der Waals surface area contributed by atoms with Gasteiger partial charge in [0.05, 0.1) is 12.1 Å². The predicted molar refractivity (Wildman–Crippen MR) is 101 cm³/mol. The molecule has 0 aliphatic heterocycles. The summed E-state index contributed by atoms with van der Waals surface area (Å²) < 4.78 is 0. The van der Waals surface area contributed by atoms with E-state index in [-0.39, 0.29) is 24.2 Å². The first-order chi connectivity index (χ1) is 12.2. The first kappa shape index (κ1) is 17.6. The Kier molecular flexibility index (Phi) is 5.81. The van der Waals surface area contributed by atoms with Gasteiger partial charge in [-0.2, -0.15) is 0 Å². The Morgan fingerprint density at radius 3 is 2.72 bits per heavy atom. The van der Waals surface area contributed by atoms with Gasteiger partial charge in [-0.05, 0) is 30.9 Å². The van der Waals surface area contributed by atoms with E-state index in [0.29, 0.717) is 10.8 Å². The molecule has 1 heterocycles. The molecule has 1 aliphatic carbocycles. The lowest BCUT2D eigenvalue weighted by Crippen LogP contribution is -2.20. The zero-order chi connectivity index (χ0) is 17.6. The van der Waals surface area contributed by atoms with Crippen LogP contribution in [0.5, 0.6) is 0 Å². The van der Waals surface area contributed by atoms with E-state index in [1.165, 1.54) is 11.3 Å². The molecule has 1 saturated carbocycles. The highest BCUT2D eigenvalue weighted by molar-refractivity contribution is 7.13. The first-order valence-corrected chi connectivity index (χ1v) is 9.66. The number of benzene rings is 1. The molecule has 2 aromatic rings. The van der Waals surface area contributed by atoms with Crippen LogP contribution in [0.1, 0.15) is 43.9 Å². The van der Waals surface area contributed by atoms with Gasteiger partial charge in [0.15, 0.2) is 5.13 Å². The molecule has 5 nitrogen and oxygen atoms in total. The smallest absolute Gasteiger partial charge is 0.230 e. The van der Waals surface area contributed by atoms with Gasteiger partial charge in [-0.3, -0.25) is 9.59 Å². The quantitative estimate of drug-likeness (QED) is 0.820. The number of aryl methyl sites for hydroxylation is 1. The highest BCUT2D eigenvalue weighted by atomic mass is 32.1. The molecular weight excluding hydrogens is 334 g/mol. The minimum atomic E-state index is -0.0973. The van der Waals surface area contributed by atoms with E-state index in [4.69, 9.17) is 0 Å². The van der Waals surface area contributed by atoms with Gasteiger partial charge in [0.2, 0.25) is 11.8 Å². The van der Waals surface area contributed by atoms with Crippen molar-refractivity contribution in [1.29, 1.82) is 0 Å². The van der Waals surface area contributed by atoms with Crippen molar-refractivity contribution >= 4 is 34.0 Å². The number of hydrogen-bond acceptors (Lipinski definition) is 4. The second kappa shape index (κ2) is 8.25. The normalized spacial score (nSPS) is 14.4. The third-order valence-corrected chi connectivity index (χ3v) is 5.33. The molecule has 3 rings (SSSR count). The lowest BCUT2D eigenvalue weighted by atomic mass is 10.1. The Morgan fingerprint density at radius 1 is 1.20 bits per heavy atom. The van der Waals surface area contributed by atoms with E-state index >= 15 is 0 Å². The van der Waals surface area contributed by atoms with Gasteiger partial charge in [-0.15, -0.1) is 11.3 Å². The van der Waals surface area contributed by atoms with Crippen molar-refractivity contribution in [3.8, 4) is 0 Å². The molecule has 0 atom stereocenters. The Hall–Kier alpha value is -2.21. The Morgan fingerprint density at radius 2 is 1.96 bits per heavy atom. The lowest BCUT2D eigenvalue weighted by Gasteiger charge is -2.09. The van der Waals surface area contributed by atoms with Crippen molar-refractivity contribution < 1.29 is 9.59 Å². The number of rotatable bonds is 6. The second-order valence-electron chi connectivity index (χ2n) is 6.35. The van der Waals surface area contributed by atoms with Crippen molar-refractivity contribution in [3.63, 3.8) is 0 Å². The number of nitrogens with one attached hydrogen (secondary N) is 2. The van der Waals surface area contributed by atoms with Gasteiger partial charge in [0.1, 0.15) is 0 Å². The highest BCUT2D eigenvalue weighted by Crippen LogP contribution is 2.26. The monoisotopic (exact) mass is 357 g/mol. The first-order valence-electron chi connectivity index (χ1n) is 8.78. The maximum atomic E-state index is 12.3. The number of carbonyl (C=O) groups excluding carboxylic acids is 2. The molecule has 25 heavy (non-hydrogen) atoms. The van der Waals surface area contributed by atoms with Crippen molar-refractivity contribution in [2.45, 2.75) is 45.4 Å². The molecule has 2 amide bonds. The molecule has 0 unspecified atom stereocenters. The summed E-state index contributed by atoms with van der Waals surface area (Å²) in [6.07, 6.45) is 5.24. The minimum Gasteiger partial charge on any atom is -0.325 e. The summed E-state index contributed by atoms with van der Waals surface area (Å²) in [6, 6.07) is 7.79. The summed E-state index contributed by atoms with van der Waals surface area (Å²) in [7, 11) is 0. The van der Waals surface area contributed by atoms with Crippen molar-refractivity contribution in [1.82, 2.24) is 4.98 Å². The van der Waals surface area contributed by atoms with Gasteiger partial charge in [0.25, 0.3) is 0 Å². The summed E-state index contributed by atoms with van der Waals surface area (Å²) in [5, 5.41) is 8.23. The van der Waals surface area contributed by atoms with E-state index in [1.807, 2.05) is 29.6 Å². The van der Waals surface area contributed by atoms with E-state index < -0.39 is 0 Å². The molecule has 0 saturated heterocycles. The standard InChI is InChI=1S/C19H23N3O2S/c1-2-13-7-5-6-10-16(13)21-17(23)11-15-12-25-19(20-15)22-18(24)14-8-3-4-9-14/h5-7,10,12,14H,2-4,8-9,11H2,1H3,(H,21,23)(H,20,22,24). The number of hydrogen-bond donors (Lipinski definition) is 2. The van der Waals surface area contributed by atoms with Crippen LogP contribution in [0.25, 0.3) is 0 Å². The molecule has 0 spiro atoms. The van der Waals surface area contributed by atoms with E-state index in [1.54, 1.807) is 0 Å². The molecule has 1 aliphatic rings. The third kappa shape index (κ3) is 4.66. The molecule has 1 fully saturated rings. The summed E-state index contributed by atoms with van der Waals surface area (Å²) in [6.45, 7) is 2.06. The van der Waals surface area contributed by atoms with Crippen LogP contribution in [0, 0.1) is 5.92 Å². The second-order valence-corrected chi connectivity index (χ2v) is 7.21. The number of carbonyl (C=O) groups is 2. The predicted octanol–water partition coefficient (Wildman–Crippen LogP) is 4.02. The third-order valence-electron chi connectivity index (χ3n) is 4.52. The van der Waals surface area contributed by atoms with E-state index in [0.717, 1.165) is 43.4 Å². The number of amides is 2. The molecule has 6 heteroatoms. The molecule has 2 N–H and O–H groups in total. The summed E-state index contributed by atoms with van der Waals surface area (Å²) in [5.74, 6) is 0.0702. The average Bonchev–Trinajstić information content (AvgIpc) is 3.27. The van der Waals surface area contributed by atoms with Crippen LogP contribution in [0.4, 0.5) is 10.8 Å². The minimum absolute atomic E-state index is 0.0553. The Bertz CT molecular complexity index is 751. The molecule has 1 aromatic heterocycles. The van der Waals surface area contributed by atoms with Crippen LogP contribution in [0.15, 0.2) is 29.6 Å². The summed E-state index contributed by atoms with van der Waals surface area (Å²) >= 11 is 1.37. The van der Waals surface area contributed by atoms with Crippen LogP contribution in [0.2, 0.25) is 0 Å². The van der Waals surface area contributed by atoms with Crippen LogP contribution in [-0.4, -0.2) is 16.8 Å². The molecule has 0 radical (unpaired) electrons. The fourth-order valence-electron chi connectivity index (χ4n) is 3.15. The number of nitrogens with zero attached hydrogens (tertiary/aromatic N) is 1. The van der Waals surface area contributed by atoms with Gasteiger partial charge >= 0.3 is 0 Å². The SMILES string of the molecule is CCc1ccccc1NC(=O)Cc1csc(NC(=O)C2CCCC2)n1. The van der Waals surface area contributed by atoms with Gasteiger partial charge in [-0.25, -0.2) is 4.98 Å². The summed E-state index contributed by atoms with van der Waals surface area (Å²) in [4.78, 5) is 28.8.